The van der Waals surface area contributed by atoms with Crippen LogP contribution in [0.2, 0.25) is 5.02 Å². The highest BCUT2D eigenvalue weighted by Gasteiger charge is 2.28. The third-order valence-electron chi connectivity index (χ3n) is 3.73. The summed E-state index contributed by atoms with van der Waals surface area (Å²) in [5.41, 5.74) is 7.95. The molecule has 0 amide bonds. The van der Waals surface area contributed by atoms with Crippen molar-refractivity contribution in [1.29, 1.82) is 0 Å². The number of nitrogens with two attached hydrogens (primary N) is 1. The average Bonchev–Trinajstić information content (AvgIpc) is 2.92. The number of nitrogens with zero attached hydrogens (tertiary/aromatic N) is 2. The van der Waals surface area contributed by atoms with Crippen LogP contribution in [0.3, 0.4) is 0 Å². The fourth-order valence-corrected chi connectivity index (χ4v) is 3.00. The summed E-state index contributed by atoms with van der Waals surface area (Å²) in [5, 5.41) is 0.713. The molecule has 2 atom stereocenters. The molecule has 0 radical (unpaired) electrons. The van der Waals surface area contributed by atoms with Gasteiger partial charge in [0, 0.05) is 18.2 Å². The Morgan fingerprint density at radius 1 is 1.44 bits per heavy atom. The number of aromatic nitrogens is 2. The van der Waals surface area contributed by atoms with Gasteiger partial charge in [-0.05, 0) is 37.5 Å². The van der Waals surface area contributed by atoms with Gasteiger partial charge in [0.2, 0.25) is 5.95 Å². The van der Waals surface area contributed by atoms with Gasteiger partial charge >= 0.3 is 0 Å². The van der Waals surface area contributed by atoms with Gasteiger partial charge in [-0.15, -0.1) is 0 Å². The molecule has 0 bridgehead atoms. The van der Waals surface area contributed by atoms with E-state index in [-0.39, 0.29) is 0 Å². The van der Waals surface area contributed by atoms with Crippen LogP contribution in [-0.2, 0) is 4.74 Å². The molecule has 0 aliphatic heterocycles. The molecule has 18 heavy (non-hydrogen) atoms. The van der Waals surface area contributed by atoms with Crippen molar-refractivity contribution in [3.05, 3.63) is 23.2 Å². The molecule has 4 nitrogen and oxygen atoms in total. The molecule has 1 aromatic heterocycles. The SMILES string of the molecule is COC1CCC(n2c(N)nc3ccc(Cl)cc32)C1. The molecule has 3 rings (SSSR count). The van der Waals surface area contributed by atoms with Gasteiger partial charge in [-0.2, -0.15) is 0 Å². The molecular formula is C13H16ClN3O. The van der Waals surface area contributed by atoms with Crippen LogP contribution >= 0.6 is 11.6 Å². The molecule has 1 saturated carbocycles. The van der Waals surface area contributed by atoms with E-state index in [1.807, 2.05) is 18.2 Å². The van der Waals surface area contributed by atoms with Crippen molar-refractivity contribution in [1.82, 2.24) is 9.55 Å². The van der Waals surface area contributed by atoms with Crippen LogP contribution in [0.4, 0.5) is 5.95 Å². The predicted molar refractivity (Wildman–Crippen MR) is 72.8 cm³/mol. The Balaban J connectivity index is 2.05. The highest BCUT2D eigenvalue weighted by molar-refractivity contribution is 6.31. The van der Waals surface area contributed by atoms with E-state index in [2.05, 4.69) is 9.55 Å². The largest absolute Gasteiger partial charge is 0.381 e. The third kappa shape index (κ3) is 1.85. The molecule has 96 valence electrons. The predicted octanol–water partition coefficient (Wildman–Crippen LogP) is 3.01. The van der Waals surface area contributed by atoms with Crippen molar-refractivity contribution in [2.45, 2.75) is 31.4 Å². The summed E-state index contributed by atoms with van der Waals surface area (Å²) >= 11 is 6.06. The lowest BCUT2D eigenvalue weighted by Crippen LogP contribution is -2.11. The monoisotopic (exact) mass is 265 g/mol. The van der Waals surface area contributed by atoms with Gasteiger partial charge < -0.3 is 15.0 Å². The Hall–Kier alpha value is -1.26. The Kier molecular flexibility index (Phi) is 2.92. The Labute approximate surface area is 111 Å². The fraction of sp³-hybridized carbons (Fsp3) is 0.462. The van der Waals surface area contributed by atoms with Crippen LogP contribution in [0.25, 0.3) is 11.0 Å². The number of hydrogen-bond acceptors (Lipinski definition) is 3. The second-order valence-corrected chi connectivity index (χ2v) is 5.23. The first-order valence-electron chi connectivity index (χ1n) is 6.15. The van der Waals surface area contributed by atoms with Gasteiger partial charge in [-0.3, -0.25) is 0 Å². The molecule has 2 aromatic rings. The molecule has 1 heterocycles. The normalized spacial score (nSPS) is 23.9. The second-order valence-electron chi connectivity index (χ2n) is 4.80. The van der Waals surface area contributed by atoms with Crippen molar-refractivity contribution < 1.29 is 4.74 Å². The number of halogens is 1. The maximum atomic E-state index is 6.06. The molecule has 1 aliphatic rings. The minimum Gasteiger partial charge on any atom is -0.381 e. The topological polar surface area (TPSA) is 53.1 Å². The van der Waals surface area contributed by atoms with E-state index in [1.165, 1.54) is 0 Å². The maximum absolute atomic E-state index is 6.06. The molecule has 2 N–H and O–H groups in total. The summed E-state index contributed by atoms with van der Waals surface area (Å²) in [6.45, 7) is 0. The molecule has 1 aromatic carbocycles. The number of benzene rings is 1. The lowest BCUT2D eigenvalue weighted by Gasteiger charge is -2.15. The summed E-state index contributed by atoms with van der Waals surface area (Å²) in [4.78, 5) is 4.39. The van der Waals surface area contributed by atoms with Gasteiger partial charge in [0.05, 0.1) is 17.1 Å². The van der Waals surface area contributed by atoms with Gasteiger partial charge in [0.1, 0.15) is 0 Å². The smallest absolute Gasteiger partial charge is 0.201 e. The van der Waals surface area contributed by atoms with E-state index in [1.54, 1.807) is 7.11 Å². The quantitative estimate of drug-likeness (QED) is 0.908. The summed E-state index contributed by atoms with van der Waals surface area (Å²) < 4.78 is 7.51. The molecule has 0 saturated heterocycles. The number of imidazole rings is 1. The average molecular weight is 266 g/mol. The van der Waals surface area contributed by atoms with Crippen LogP contribution in [0.1, 0.15) is 25.3 Å². The molecule has 0 spiro atoms. The Bertz CT molecular complexity index is 581. The van der Waals surface area contributed by atoms with E-state index >= 15 is 0 Å². The van der Waals surface area contributed by atoms with Crippen LogP contribution in [-0.4, -0.2) is 22.8 Å². The maximum Gasteiger partial charge on any atom is 0.201 e. The number of ether oxygens (including phenoxy) is 1. The molecule has 5 heteroatoms. The molecule has 1 fully saturated rings. The van der Waals surface area contributed by atoms with E-state index in [0.29, 0.717) is 23.1 Å². The van der Waals surface area contributed by atoms with E-state index < -0.39 is 0 Å². The summed E-state index contributed by atoms with van der Waals surface area (Å²) in [6.07, 6.45) is 3.45. The lowest BCUT2D eigenvalue weighted by molar-refractivity contribution is 0.106. The summed E-state index contributed by atoms with van der Waals surface area (Å²) in [5.74, 6) is 0.564. The first kappa shape index (κ1) is 11.8. The van der Waals surface area contributed by atoms with Crippen molar-refractivity contribution in [2.75, 3.05) is 12.8 Å². The zero-order valence-corrected chi connectivity index (χ0v) is 11.0. The Morgan fingerprint density at radius 3 is 3.00 bits per heavy atom. The van der Waals surface area contributed by atoms with Crippen molar-refractivity contribution in [3.8, 4) is 0 Å². The van der Waals surface area contributed by atoms with Gasteiger partial charge in [-0.25, -0.2) is 4.98 Å². The zero-order chi connectivity index (χ0) is 12.7. The van der Waals surface area contributed by atoms with Crippen LogP contribution < -0.4 is 5.73 Å². The van der Waals surface area contributed by atoms with Gasteiger partial charge in [0.15, 0.2) is 0 Å². The molecular weight excluding hydrogens is 250 g/mol. The molecule has 1 aliphatic carbocycles. The highest BCUT2D eigenvalue weighted by Crippen LogP contribution is 2.36. The minimum atomic E-state index is 0.325. The summed E-state index contributed by atoms with van der Waals surface area (Å²) in [6, 6.07) is 6.04. The van der Waals surface area contributed by atoms with E-state index in [4.69, 9.17) is 22.1 Å². The number of hydrogen-bond donors (Lipinski definition) is 1. The van der Waals surface area contributed by atoms with Crippen molar-refractivity contribution >= 4 is 28.6 Å². The van der Waals surface area contributed by atoms with Crippen LogP contribution in [0.5, 0.6) is 0 Å². The van der Waals surface area contributed by atoms with Crippen molar-refractivity contribution in [3.63, 3.8) is 0 Å². The standard InChI is InChI=1S/C13H16ClN3O/c1-18-10-4-3-9(7-10)17-12-6-8(14)2-5-11(12)16-13(17)15/h2,5-6,9-10H,3-4,7H2,1H3,(H2,15,16). The number of fused-ring (bicyclic) bond motifs is 1. The lowest BCUT2D eigenvalue weighted by atomic mass is 10.2. The van der Waals surface area contributed by atoms with Crippen LogP contribution in [0, 0.1) is 0 Å². The number of anilines is 1. The minimum absolute atomic E-state index is 0.325. The zero-order valence-electron chi connectivity index (χ0n) is 10.3. The summed E-state index contributed by atoms with van der Waals surface area (Å²) in [7, 11) is 1.76. The second kappa shape index (κ2) is 4.44. The molecule has 2 unspecified atom stereocenters. The van der Waals surface area contributed by atoms with Crippen molar-refractivity contribution in [2.24, 2.45) is 0 Å². The van der Waals surface area contributed by atoms with Gasteiger partial charge in [0.25, 0.3) is 0 Å². The first-order valence-corrected chi connectivity index (χ1v) is 6.52. The number of rotatable bonds is 2. The van der Waals surface area contributed by atoms with E-state index in [9.17, 15) is 0 Å². The first-order chi connectivity index (χ1) is 8.69. The highest BCUT2D eigenvalue weighted by atomic mass is 35.5. The number of methoxy groups -OCH3 is 1. The van der Waals surface area contributed by atoms with Gasteiger partial charge in [-0.1, -0.05) is 11.6 Å². The fourth-order valence-electron chi connectivity index (χ4n) is 2.83. The van der Waals surface area contributed by atoms with E-state index in [0.717, 1.165) is 30.3 Å². The number of nitrogen functional groups attached to an aromatic ring is 1. The van der Waals surface area contributed by atoms with Crippen LogP contribution in [0.15, 0.2) is 18.2 Å². The Morgan fingerprint density at radius 2 is 2.28 bits per heavy atom. The third-order valence-corrected chi connectivity index (χ3v) is 3.97.